The summed E-state index contributed by atoms with van der Waals surface area (Å²) in [5.41, 5.74) is 1.29. The highest BCUT2D eigenvalue weighted by Gasteiger charge is 2.78. The van der Waals surface area contributed by atoms with Gasteiger partial charge < -0.3 is 9.47 Å². The summed E-state index contributed by atoms with van der Waals surface area (Å²) in [5.74, 6) is 5.37. The second-order valence-corrected chi connectivity index (χ2v) is 15.2. The molecule has 0 N–H and O–H groups in total. The normalized spacial score (nSPS) is 45.9. The number of carbonyl (C=O) groups is 1. The highest BCUT2D eigenvalue weighted by atomic mass is 16.6. The van der Waals surface area contributed by atoms with Crippen LogP contribution in [0.3, 0.4) is 0 Å². The Balaban J connectivity index is 1.17. The van der Waals surface area contributed by atoms with Gasteiger partial charge in [-0.1, -0.05) is 79.0 Å². The van der Waals surface area contributed by atoms with E-state index in [9.17, 15) is 4.79 Å². The van der Waals surface area contributed by atoms with Crippen molar-refractivity contribution in [2.75, 3.05) is 0 Å². The van der Waals surface area contributed by atoms with E-state index in [1.54, 1.807) is 0 Å². The topological polar surface area (TPSA) is 38.8 Å². The molecular formula is C35H52O3. The largest absolute Gasteiger partial charge is 0.459 e. The molecule has 1 aromatic rings. The van der Waals surface area contributed by atoms with Gasteiger partial charge in [0.05, 0.1) is 11.7 Å². The van der Waals surface area contributed by atoms with Crippen LogP contribution in [0.1, 0.15) is 116 Å². The number of rotatable bonds is 7. The van der Waals surface area contributed by atoms with Crippen LogP contribution in [0.5, 0.6) is 0 Å². The Morgan fingerprint density at radius 1 is 1.00 bits per heavy atom. The standard InChI is InChI=1S/C35H52O3/c1-22(2)11-10-12-23(3)27-15-16-28-30-24(4)31-35(38-31)21-26(37-32(36)25-13-8-7-9-14-25)17-20-34(35,6)29(30)18-19-33(27,28)5/h7-9,13-14,22-24,26-31H,10-12,15-21H2,1-6H3/t23-,24-,26-,27-,28+,29+,30+,31-,33-,34+,35-/m0/s1. The second-order valence-electron chi connectivity index (χ2n) is 15.2. The van der Waals surface area contributed by atoms with Crippen LogP contribution in [-0.2, 0) is 9.47 Å². The zero-order valence-corrected chi connectivity index (χ0v) is 24.9. The summed E-state index contributed by atoms with van der Waals surface area (Å²) in [6.45, 7) is 15.1. The molecule has 1 saturated heterocycles. The fourth-order valence-electron chi connectivity index (χ4n) is 11.0. The maximum Gasteiger partial charge on any atom is 0.338 e. The average Bonchev–Trinajstić information content (AvgIpc) is 3.51. The summed E-state index contributed by atoms with van der Waals surface area (Å²) in [5, 5.41) is 0. The van der Waals surface area contributed by atoms with E-state index in [1.165, 1.54) is 44.9 Å². The minimum Gasteiger partial charge on any atom is -0.459 e. The van der Waals surface area contributed by atoms with Crippen molar-refractivity contribution in [3.63, 3.8) is 0 Å². The van der Waals surface area contributed by atoms with Gasteiger partial charge in [0, 0.05) is 11.8 Å². The van der Waals surface area contributed by atoms with Gasteiger partial charge in [0.1, 0.15) is 11.7 Å². The Hall–Kier alpha value is -1.35. The number of hydrogen-bond acceptors (Lipinski definition) is 3. The summed E-state index contributed by atoms with van der Waals surface area (Å²) in [6.07, 6.45) is 13.1. The molecule has 3 heteroatoms. The molecule has 1 aromatic carbocycles. The van der Waals surface area contributed by atoms with Gasteiger partial charge in [-0.05, 0) is 97.5 Å². The smallest absolute Gasteiger partial charge is 0.338 e. The quantitative estimate of drug-likeness (QED) is 0.266. The minimum absolute atomic E-state index is 0.0269. The van der Waals surface area contributed by atoms with E-state index in [0.717, 1.165) is 54.8 Å². The molecule has 210 valence electrons. The number of carbonyl (C=O) groups excluding carboxylic acids is 1. The van der Waals surface area contributed by atoms with Crippen LogP contribution in [0.15, 0.2) is 30.3 Å². The molecule has 0 unspecified atom stereocenters. The molecule has 5 aliphatic rings. The van der Waals surface area contributed by atoms with Gasteiger partial charge in [0.25, 0.3) is 0 Å². The van der Waals surface area contributed by atoms with E-state index in [0.29, 0.717) is 23.0 Å². The van der Waals surface area contributed by atoms with Crippen molar-refractivity contribution in [2.45, 2.75) is 124 Å². The summed E-state index contributed by atoms with van der Waals surface area (Å²) >= 11 is 0. The number of ether oxygens (including phenoxy) is 2. The molecule has 11 atom stereocenters. The van der Waals surface area contributed by atoms with Crippen molar-refractivity contribution in [1.82, 2.24) is 0 Å². The van der Waals surface area contributed by atoms with Crippen LogP contribution >= 0.6 is 0 Å². The van der Waals surface area contributed by atoms with E-state index in [2.05, 4.69) is 41.5 Å². The SMILES string of the molecule is CC(C)CCC[C@H](C)[C@@H]1CC[C@@H]2[C@H]3[C@H](C)[C@@H]4O[C@@]45C[C@@H](OC(=O)c4ccccc4)CC[C@]5(C)[C@@H]3CC[C@]21C. The number of hydrogen-bond donors (Lipinski definition) is 0. The first-order valence-corrected chi connectivity index (χ1v) is 16.0. The lowest BCUT2D eigenvalue weighted by Gasteiger charge is -2.61. The van der Waals surface area contributed by atoms with Gasteiger partial charge >= 0.3 is 5.97 Å². The maximum absolute atomic E-state index is 12.8. The van der Waals surface area contributed by atoms with Gasteiger partial charge in [-0.25, -0.2) is 4.79 Å². The number of esters is 1. The van der Waals surface area contributed by atoms with Crippen molar-refractivity contribution in [3.8, 4) is 0 Å². The number of epoxide rings is 1. The zero-order chi connectivity index (χ0) is 26.9. The highest BCUT2D eigenvalue weighted by Crippen LogP contribution is 2.75. The first kappa shape index (κ1) is 26.9. The van der Waals surface area contributed by atoms with Gasteiger partial charge in [-0.2, -0.15) is 0 Å². The van der Waals surface area contributed by atoms with Crippen LogP contribution in [0.25, 0.3) is 0 Å². The van der Waals surface area contributed by atoms with Crippen molar-refractivity contribution >= 4 is 5.97 Å². The number of benzene rings is 1. The Labute approximate surface area is 231 Å². The van der Waals surface area contributed by atoms with Crippen LogP contribution in [-0.4, -0.2) is 23.8 Å². The molecule has 1 aliphatic heterocycles. The monoisotopic (exact) mass is 520 g/mol. The van der Waals surface area contributed by atoms with Gasteiger partial charge in [-0.3, -0.25) is 0 Å². The first-order valence-electron chi connectivity index (χ1n) is 16.0. The third kappa shape index (κ3) is 4.03. The third-order valence-corrected chi connectivity index (χ3v) is 12.9. The fourth-order valence-corrected chi connectivity index (χ4v) is 11.0. The van der Waals surface area contributed by atoms with Crippen molar-refractivity contribution in [3.05, 3.63) is 35.9 Å². The molecule has 0 bridgehead atoms. The van der Waals surface area contributed by atoms with Gasteiger partial charge in [0.15, 0.2) is 0 Å². The lowest BCUT2D eigenvalue weighted by Crippen LogP contribution is -2.61. The van der Waals surface area contributed by atoms with Crippen molar-refractivity contribution < 1.29 is 14.3 Å². The Morgan fingerprint density at radius 2 is 1.76 bits per heavy atom. The molecule has 3 nitrogen and oxygen atoms in total. The average molecular weight is 521 g/mol. The minimum atomic E-state index is -0.178. The third-order valence-electron chi connectivity index (χ3n) is 12.9. The van der Waals surface area contributed by atoms with Gasteiger partial charge in [-0.15, -0.1) is 0 Å². The molecular weight excluding hydrogens is 468 g/mol. The lowest BCUT2D eigenvalue weighted by atomic mass is 9.42. The van der Waals surface area contributed by atoms with E-state index in [-0.39, 0.29) is 23.1 Å². The fraction of sp³-hybridized carbons (Fsp3) is 0.800. The molecule has 6 rings (SSSR count). The van der Waals surface area contributed by atoms with E-state index in [4.69, 9.17) is 9.47 Å². The van der Waals surface area contributed by atoms with Crippen LogP contribution < -0.4 is 0 Å². The Bertz CT molecular complexity index is 1020. The van der Waals surface area contributed by atoms with Crippen molar-refractivity contribution in [2.24, 2.45) is 52.3 Å². The molecule has 5 fully saturated rings. The second kappa shape index (κ2) is 9.64. The molecule has 1 spiro atoms. The predicted octanol–water partition coefficient (Wildman–Crippen LogP) is 8.71. The van der Waals surface area contributed by atoms with E-state index in [1.807, 2.05) is 30.3 Å². The molecule has 4 aliphatic carbocycles. The molecule has 4 saturated carbocycles. The molecule has 38 heavy (non-hydrogen) atoms. The summed E-state index contributed by atoms with van der Waals surface area (Å²) in [7, 11) is 0. The number of fused-ring (bicyclic) bond motifs is 4. The summed E-state index contributed by atoms with van der Waals surface area (Å²) < 4.78 is 12.9. The summed E-state index contributed by atoms with van der Waals surface area (Å²) in [6, 6.07) is 9.48. The van der Waals surface area contributed by atoms with E-state index >= 15 is 0 Å². The predicted molar refractivity (Wildman–Crippen MR) is 153 cm³/mol. The van der Waals surface area contributed by atoms with Crippen LogP contribution in [0.2, 0.25) is 0 Å². The Kier molecular flexibility index (Phi) is 6.81. The van der Waals surface area contributed by atoms with Crippen molar-refractivity contribution in [1.29, 1.82) is 0 Å². The molecule has 0 radical (unpaired) electrons. The van der Waals surface area contributed by atoms with Gasteiger partial charge in [0.2, 0.25) is 0 Å². The molecule has 0 amide bonds. The first-order chi connectivity index (χ1) is 18.1. The summed E-state index contributed by atoms with van der Waals surface area (Å²) in [4.78, 5) is 12.8. The molecule has 0 aromatic heterocycles. The van der Waals surface area contributed by atoms with E-state index < -0.39 is 0 Å². The molecule has 1 heterocycles. The maximum atomic E-state index is 12.8. The lowest BCUT2D eigenvalue weighted by molar-refractivity contribution is -0.132. The van der Waals surface area contributed by atoms with Crippen LogP contribution in [0.4, 0.5) is 0 Å². The highest BCUT2D eigenvalue weighted by molar-refractivity contribution is 5.89. The zero-order valence-electron chi connectivity index (χ0n) is 24.9. The van der Waals surface area contributed by atoms with Crippen LogP contribution in [0, 0.1) is 52.3 Å². The Morgan fingerprint density at radius 3 is 2.50 bits per heavy atom.